The summed E-state index contributed by atoms with van der Waals surface area (Å²) < 4.78 is 36.3. The highest BCUT2D eigenvalue weighted by molar-refractivity contribution is 4.75. The van der Waals surface area contributed by atoms with Crippen LogP contribution in [0.15, 0.2) is 0 Å². The Morgan fingerprint density at radius 1 is 1.08 bits per heavy atom. The summed E-state index contributed by atoms with van der Waals surface area (Å²) in [4.78, 5) is 0. The smallest absolute Gasteiger partial charge is 0.171 e. The third-order valence-electron chi connectivity index (χ3n) is 2.40. The molecule has 0 aromatic rings. The summed E-state index contributed by atoms with van der Waals surface area (Å²) in [6.45, 7) is 5.90. The largest absolute Gasteiger partial charge is 0.391 e. The van der Waals surface area contributed by atoms with E-state index in [4.69, 9.17) is 0 Å². The molecule has 0 saturated heterocycles. The Bertz CT molecular complexity index is 129. The van der Waals surface area contributed by atoms with E-state index in [0.29, 0.717) is 12.8 Å². The molecule has 1 fully saturated rings. The van der Waals surface area contributed by atoms with Crippen LogP contribution in [0.3, 0.4) is 0 Å². The molecule has 0 spiro atoms. The monoisotopic (exact) mass is 196 g/mol. The maximum atomic E-state index is 12.1. The first-order valence-electron chi connectivity index (χ1n) is 5.07. The van der Waals surface area contributed by atoms with Crippen molar-refractivity contribution >= 4 is 0 Å². The highest BCUT2D eigenvalue weighted by Crippen LogP contribution is 2.39. The number of alkyl halides is 3. The molecule has 0 aliphatic heterocycles. The van der Waals surface area contributed by atoms with Crippen molar-refractivity contribution in [2.45, 2.75) is 52.6 Å². The second-order valence-electron chi connectivity index (χ2n) is 3.51. The fraction of sp³-hybridized carbons (Fsp3) is 1.00. The van der Waals surface area contributed by atoms with Gasteiger partial charge in [0, 0.05) is 0 Å². The third-order valence-corrected chi connectivity index (χ3v) is 2.40. The number of halogens is 3. The van der Waals surface area contributed by atoms with Crippen molar-refractivity contribution in [1.82, 2.24) is 0 Å². The Morgan fingerprint density at radius 3 is 1.92 bits per heavy atom. The summed E-state index contributed by atoms with van der Waals surface area (Å²) in [5.74, 6) is -0.762. The molecular weight excluding hydrogens is 177 g/mol. The fourth-order valence-electron chi connectivity index (χ4n) is 1.73. The Morgan fingerprint density at radius 2 is 1.62 bits per heavy atom. The van der Waals surface area contributed by atoms with Crippen molar-refractivity contribution in [2.24, 2.45) is 11.8 Å². The molecule has 0 N–H and O–H groups in total. The molecular formula is C10H19F3. The van der Waals surface area contributed by atoms with Crippen LogP contribution >= 0.6 is 0 Å². The van der Waals surface area contributed by atoms with Crippen LogP contribution < -0.4 is 0 Å². The van der Waals surface area contributed by atoms with Crippen molar-refractivity contribution in [3.63, 3.8) is 0 Å². The molecule has 0 aromatic carbocycles. The van der Waals surface area contributed by atoms with Crippen molar-refractivity contribution in [3.05, 3.63) is 0 Å². The minimum absolute atomic E-state index is 0.260. The third kappa shape index (κ3) is 4.53. The summed E-state index contributed by atoms with van der Waals surface area (Å²) in [7, 11) is 0. The topological polar surface area (TPSA) is 0 Å². The molecule has 2 atom stereocenters. The minimum atomic E-state index is -3.95. The van der Waals surface area contributed by atoms with E-state index in [2.05, 4.69) is 0 Å². The molecule has 0 nitrogen and oxygen atoms in total. The number of hydrogen-bond acceptors (Lipinski definition) is 0. The van der Waals surface area contributed by atoms with Crippen molar-refractivity contribution in [3.8, 4) is 0 Å². The van der Waals surface area contributed by atoms with Crippen LogP contribution in [0.1, 0.15) is 46.5 Å². The zero-order chi connectivity index (χ0) is 10.5. The van der Waals surface area contributed by atoms with Gasteiger partial charge >= 0.3 is 6.18 Å². The predicted molar refractivity (Wildman–Crippen MR) is 48.5 cm³/mol. The van der Waals surface area contributed by atoms with Crippen LogP contribution in [0.5, 0.6) is 0 Å². The Labute approximate surface area is 78.5 Å². The normalized spacial score (nSPS) is 29.1. The van der Waals surface area contributed by atoms with Gasteiger partial charge in [-0.3, -0.25) is 0 Å². The van der Waals surface area contributed by atoms with Gasteiger partial charge in [0.2, 0.25) is 0 Å². The molecule has 1 saturated carbocycles. The lowest BCUT2D eigenvalue weighted by Gasteiger charge is -2.28. The first kappa shape index (κ1) is 12.8. The lowest BCUT2D eigenvalue weighted by atomic mass is 9.82. The average molecular weight is 196 g/mol. The second kappa shape index (κ2) is 5.51. The zero-order valence-corrected chi connectivity index (χ0v) is 8.62. The van der Waals surface area contributed by atoms with E-state index in [9.17, 15) is 13.2 Å². The summed E-state index contributed by atoms with van der Waals surface area (Å²) in [5, 5.41) is 0. The lowest BCUT2D eigenvalue weighted by Crippen LogP contribution is -2.27. The van der Waals surface area contributed by atoms with Gasteiger partial charge in [-0.2, -0.15) is 13.2 Å². The summed E-state index contributed by atoms with van der Waals surface area (Å²) in [6.07, 6.45) is -1.57. The number of rotatable bonds is 0. The summed E-state index contributed by atoms with van der Waals surface area (Å²) in [5.41, 5.74) is 0. The van der Waals surface area contributed by atoms with E-state index in [1.54, 1.807) is 0 Å². The molecule has 3 heteroatoms. The van der Waals surface area contributed by atoms with E-state index in [1.807, 2.05) is 20.8 Å². The Balaban J connectivity index is 0.000000671. The number of hydrogen-bond donors (Lipinski definition) is 0. The first-order chi connectivity index (χ1) is 6.00. The van der Waals surface area contributed by atoms with Crippen LogP contribution in [0.25, 0.3) is 0 Å². The quantitative estimate of drug-likeness (QED) is 0.538. The van der Waals surface area contributed by atoms with Gasteiger partial charge in [0.05, 0.1) is 5.92 Å². The van der Waals surface area contributed by atoms with E-state index in [-0.39, 0.29) is 5.92 Å². The van der Waals surface area contributed by atoms with Crippen molar-refractivity contribution in [1.29, 1.82) is 0 Å². The molecule has 1 aliphatic rings. The van der Waals surface area contributed by atoms with Gasteiger partial charge in [-0.1, -0.05) is 33.6 Å². The lowest BCUT2D eigenvalue weighted by molar-refractivity contribution is -0.185. The van der Waals surface area contributed by atoms with Gasteiger partial charge in [0.15, 0.2) is 0 Å². The van der Waals surface area contributed by atoms with E-state index in [1.165, 1.54) is 0 Å². The maximum Gasteiger partial charge on any atom is 0.391 e. The summed E-state index contributed by atoms with van der Waals surface area (Å²) >= 11 is 0. The minimum Gasteiger partial charge on any atom is -0.171 e. The van der Waals surface area contributed by atoms with Crippen LogP contribution in [0, 0.1) is 11.8 Å². The molecule has 0 amide bonds. The molecule has 2 unspecified atom stereocenters. The van der Waals surface area contributed by atoms with Gasteiger partial charge in [-0.25, -0.2) is 0 Å². The highest BCUT2D eigenvalue weighted by atomic mass is 19.4. The van der Waals surface area contributed by atoms with Crippen LogP contribution in [0.4, 0.5) is 13.2 Å². The van der Waals surface area contributed by atoms with E-state index < -0.39 is 12.1 Å². The van der Waals surface area contributed by atoms with E-state index in [0.717, 1.165) is 12.8 Å². The Hall–Kier alpha value is -0.210. The SMILES string of the molecule is CC.CC1CCCC(C(F)(F)F)C1. The molecule has 1 aliphatic carbocycles. The van der Waals surface area contributed by atoms with Gasteiger partial charge < -0.3 is 0 Å². The van der Waals surface area contributed by atoms with E-state index >= 15 is 0 Å². The fourth-order valence-corrected chi connectivity index (χ4v) is 1.73. The molecule has 0 radical (unpaired) electrons. The van der Waals surface area contributed by atoms with Crippen LogP contribution in [-0.4, -0.2) is 6.18 Å². The molecule has 1 rings (SSSR count). The first-order valence-corrected chi connectivity index (χ1v) is 5.07. The molecule has 0 bridgehead atoms. The van der Waals surface area contributed by atoms with Crippen molar-refractivity contribution < 1.29 is 13.2 Å². The highest BCUT2D eigenvalue weighted by Gasteiger charge is 2.41. The molecule has 13 heavy (non-hydrogen) atoms. The predicted octanol–water partition coefficient (Wildman–Crippen LogP) is 4.40. The van der Waals surface area contributed by atoms with Gasteiger partial charge in [-0.05, 0) is 18.8 Å². The van der Waals surface area contributed by atoms with Crippen LogP contribution in [-0.2, 0) is 0 Å². The second-order valence-corrected chi connectivity index (χ2v) is 3.51. The zero-order valence-electron chi connectivity index (χ0n) is 8.62. The molecule has 0 aromatic heterocycles. The van der Waals surface area contributed by atoms with Gasteiger partial charge in [-0.15, -0.1) is 0 Å². The summed E-state index contributed by atoms with van der Waals surface area (Å²) in [6, 6.07) is 0. The maximum absolute atomic E-state index is 12.1. The van der Waals surface area contributed by atoms with Gasteiger partial charge in [0.1, 0.15) is 0 Å². The van der Waals surface area contributed by atoms with Crippen LogP contribution in [0.2, 0.25) is 0 Å². The standard InChI is InChI=1S/C8H13F3.C2H6/c1-6-3-2-4-7(5-6)8(9,10)11;1-2/h6-7H,2-5H2,1H3;1-2H3. The molecule has 80 valence electrons. The molecule has 0 heterocycles. The average Bonchev–Trinajstić information content (AvgIpc) is 2.06. The van der Waals surface area contributed by atoms with Crippen molar-refractivity contribution in [2.75, 3.05) is 0 Å². The van der Waals surface area contributed by atoms with Gasteiger partial charge in [0.25, 0.3) is 0 Å². The Kier molecular flexibility index (Phi) is 5.42.